The van der Waals surface area contributed by atoms with Gasteiger partial charge in [0, 0.05) is 17.3 Å². The topological polar surface area (TPSA) is 4.93 Å². The number of aromatic nitrogens is 1. The predicted molar refractivity (Wildman–Crippen MR) is 105 cm³/mol. The van der Waals surface area contributed by atoms with Gasteiger partial charge in [-0.05, 0) is 55.5 Å². The van der Waals surface area contributed by atoms with Gasteiger partial charge < -0.3 is 4.57 Å². The van der Waals surface area contributed by atoms with E-state index in [2.05, 4.69) is 87.2 Å². The zero-order chi connectivity index (χ0) is 17.3. The van der Waals surface area contributed by atoms with Crippen LogP contribution in [0.25, 0.3) is 16.6 Å². The summed E-state index contributed by atoms with van der Waals surface area (Å²) in [5.41, 5.74) is 8.51. The molecule has 0 fully saturated rings. The molecule has 0 spiro atoms. The lowest BCUT2D eigenvalue weighted by Crippen LogP contribution is -1.96. The number of hydrogen-bond donors (Lipinski definition) is 0. The Hall–Kier alpha value is -2.54. The number of hydrogen-bond acceptors (Lipinski definition) is 0. The minimum absolute atomic E-state index is 0.901. The predicted octanol–water partition coefficient (Wildman–Crippen LogP) is 6.15. The summed E-state index contributed by atoms with van der Waals surface area (Å²) in [6.07, 6.45) is 4.17. The molecule has 0 N–H and O–H groups in total. The van der Waals surface area contributed by atoms with Crippen LogP contribution in [0.1, 0.15) is 36.1 Å². The molecule has 3 rings (SSSR count). The summed E-state index contributed by atoms with van der Waals surface area (Å²) >= 11 is 0. The summed E-state index contributed by atoms with van der Waals surface area (Å²) in [5.74, 6) is 0. The van der Waals surface area contributed by atoms with Crippen molar-refractivity contribution < 1.29 is 0 Å². The van der Waals surface area contributed by atoms with Crippen LogP contribution in [-0.4, -0.2) is 4.57 Å². The summed E-state index contributed by atoms with van der Waals surface area (Å²) < 4.78 is 2.22. The zero-order valence-electron chi connectivity index (χ0n) is 14.9. The van der Waals surface area contributed by atoms with Crippen LogP contribution in [0.15, 0.2) is 67.4 Å². The first-order chi connectivity index (χ1) is 11.5. The van der Waals surface area contributed by atoms with Gasteiger partial charge in [-0.2, -0.15) is 0 Å². The maximum Gasteiger partial charge on any atom is 0.0531 e. The fourth-order valence-corrected chi connectivity index (χ4v) is 3.14. The van der Waals surface area contributed by atoms with Gasteiger partial charge in [-0.15, -0.1) is 0 Å². The van der Waals surface area contributed by atoms with E-state index in [9.17, 15) is 0 Å². The van der Waals surface area contributed by atoms with Crippen LogP contribution in [0, 0.1) is 6.92 Å². The molecular weight excluding hydrogens is 290 g/mol. The third-order valence-corrected chi connectivity index (χ3v) is 4.53. The molecule has 24 heavy (non-hydrogen) atoms. The van der Waals surface area contributed by atoms with Crippen molar-refractivity contribution in [1.82, 2.24) is 4.57 Å². The second-order valence-electron chi connectivity index (χ2n) is 6.68. The first-order valence-corrected chi connectivity index (χ1v) is 8.53. The largest absolute Gasteiger partial charge is 0.316 e. The molecule has 0 aliphatic heterocycles. The molecule has 0 aliphatic carbocycles. The molecule has 1 nitrogen and oxygen atoms in total. The van der Waals surface area contributed by atoms with E-state index in [0.717, 1.165) is 24.1 Å². The first-order valence-electron chi connectivity index (χ1n) is 8.53. The lowest BCUT2D eigenvalue weighted by Gasteiger charge is -2.10. The minimum atomic E-state index is 0.901. The monoisotopic (exact) mass is 315 g/mol. The van der Waals surface area contributed by atoms with Gasteiger partial charge in [-0.25, -0.2) is 0 Å². The fraction of sp³-hybridized carbons (Fsp3) is 0.217. The Morgan fingerprint density at radius 2 is 1.75 bits per heavy atom. The molecule has 0 atom stereocenters. The van der Waals surface area contributed by atoms with Crippen molar-refractivity contribution in [3.8, 4) is 0 Å². The Morgan fingerprint density at radius 1 is 1.04 bits per heavy atom. The van der Waals surface area contributed by atoms with Crippen LogP contribution < -0.4 is 0 Å². The number of nitrogens with zero attached hydrogens (tertiary/aromatic N) is 1. The van der Waals surface area contributed by atoms with Crippen LogP contribution in [0.2, 0.25) is 0 Å². The molecule has 0 bridgehead atoms. The van der Waals surface area contributed by atoms with Crippen molar-refractivity contribution >= 4 is 16.6 Å². The zero-order valence-corrected chi connectivity index (χ0v) is 14.9. The highest BCUT2D eigenvalue weighted by Gasteiger charge is 2.12. The van der Waals surface area contributed by atoms with E-state index in [1.54, 1.807) is 0 Å². The van der Waals surface area contributed by atoms with Crippen molar-refractivity contribution in [2.75, 3.05) is 0 Å². The van der Waals surface area contributed by atoms with Crippen molar-refractivity contribution in [2.45, 2.75) is 33.6 Å². The molecule has 0 amide bonds. The number of benzene rings is 2. The Morgan fingerprint density at radius 3 is 2.38 bits per heavy atom. The quantitative estimate of drug-likeness (QED) is 0.498. The highest BCUT2D eigenvalue weighted by Crippen LogP contribution is 2.29. The molecule has 1 aromatic heterocycles. The second kappa shape index (κ2) is 6.52. The van der Waals surface area contributed by atoms with Gasteiger partial charge in [0.25, 0.3) is 0 Å². The molecular formula is C23H25N. The van der Waals surface area contributed by atoms with Crippen LogP contribution >= 0.6 is 0 Å². The molecule has 0 saturated carbocycles. The van der Waals surface area contributed by atoms with E-state index in [1.807, 2.05) is 0 Å². The van der Waals surface area contributed by atoms with Crippen molar-refractivity contribution in [2.24, 2.45) is 0 Å². The van der Waals surface area contributed by atoms with E-state index < -0.39 is 0 Å². The maximum absolute atomic E-state index is 4.35. The summed E-state index contributed by atoms with van der Waals surface area (Å²) in [7, 11) is 0. The minimum Gasteiger partial charge on any atom is -0.316 e. The molecule has 2 aromatic carbocycles. The Bertz CT molecular complexity index is 907. The van der Waals surface area contributed by atoms with Gasteiger partial charge in [0.05, 0.1) is 5.52 Å². The first kappa shape index (κ1) is 16.3. The van der Waals surface area contributed by atoms with E-state index in [-0.39, 0.29) is 0 Å². The molecule has 0 saturated heterocycles. The van der Waals surface area contributed by atoms with E-state index >= 15 is 0 Å². The Balaban J connectivity index is 2.15. The molecule has 0 radical (unpaired) electrons. The standard InChI is InChI=1S/C23H25N/c1-6-19-9-12-23-22(14-19)21(13-16(2)3)15-24(23)18(5)20-10-7-17(4)8-11-20/h7-12,14-15H,2,5-6,13H2,1,3-4H3. The summed E-state index contributed by atoms with van der Waals surface area (Å²) in [6.45, 7) is 14.8. The van der Waals surface area contributed by atoms with Gasteiger partial charge in [0.1, 0.15) is 0 Å². The van der Waals surface area contributed by atoms with E-state index in [0.29, 0.717) is 0 Å². The smallest absolute Gasteiger partial charge is 0.0531 e. The number of aryl methyl sites for hydroxylation is 2. The van der Waals surface area contributed by atoms with Crippen molar-refractivity contribution in [3.63, 3.8) is 0 Å². The van der Waals surface area contributed by atoms with Crippen molar-refractivity contribution in [3.05, 3.63) is 89.6 Å². The lowest BCUT2D eigenvalue weighted by atomic mass is 10.0. The van der Waals surface area contributed by atoms with Crippen molar-refractivity contribution in [1.29, 1.82) is 0 Å². The number of rotatable bonds is 5. The normalized spacial score (nSPS) is 11.0. The van der Waals surface area contributed by atoms with Gasteiger partial charge in [0.15, 0.2) is 0 Å². The van der Waals surface area contributed by atoms with E-state index in [1.165, 1.54) is 33.2 Å². The highest BCUT2D eigenvalue weighted by molar-refractivity contribution is 5.89. The average Bonchev–Trinajstić information content (AvgIpc) is 2.92. The Kier molecular flexibility index (Phi) is 4.44. The van der Waals surface area contributed by atoms with Crippen LogP contribution in [-0.2, 0) is 12.8 Å². The van der Waals surface area contributed by atoms with Gasteiger partial charge >= 0.3 is 0 Å². The van der Waals surface area contributed by atoms with Crippen LogP contribution in [0.5, 0.6) is 0 Å². The van der Waals surface area contributed by atoms with Gasteiger partial charge in [0.2, 0.25) is 0 Å². The van der Waals surface area contributed by atoms with Crippen LogP contribution in [0.3, 0.4) is 0 Å². The van der Waals surface area contributed by atoms with Crippen LogP contribution in [0.4, 0.5) is 0 Å². The van der Waals surface area contributed by atoms with E-state index in [4.69, 9.17) is 0 Å². The second-order valence-corrected chi connectivity index (χ2v) is 6.68. The molecule has 1 heterocycles. The molecule has 122 valence electrons. The molecule has 0 unspecified atom stereocenters. The SMILES string of the molecule is C=C(C)Cc1cn(C(=C)c2ccc(C)cc2)c2ccc(CC)cc12. The fourth-order valence-electron chi connectivity index (χ4n) is 3.14. The summed E-state index contributed by atoms with van der Waals surface area (Å²) in [6, 6.07) is 15.3. The summed E-state index contributed by atoms with van der Waals surface area (Å²) in [5, 5.41) is 1.31. The molecule has 1 heteroatoms. The summed E-state index contributed by atoms with van der Waals surface area (Å²) in [4.78, 5) is 0. The average molecular weight is 315 g/mol. The Labute approximate surface area is 144 Å². The molecule has 3 aromatic rings. The maximum atomic E-state index is 4.35. The van der Waals surface area contributed by atoms with Gasteiger partial charge in [-0.1, -0.05) is 61.5 Å². The highest BCUT2D eigenvalue weighted by atomic mass is 15.0. The molecule has 0 aliphatic rings. The number of allylic oxidation sites excluding steroid dienone is 1. The third-order valence-electron chi connectivity index (χ3n) is 4.53. The van der Waals surface area contributed by atoms with Gasteiger partial charge in [-0.3, -0.25) is 0 Å². The third kappa shape index (κ3) is 3.07. The lowest BCUT2D eigenvalue weighted by molar-refractivity contribution is 1.11. The number of fused-ring (bicyclic) bond motifs is 1.